The van der Waals surface area contributed by atoms with Gasteiger partial charge >= 0.3 is 5.69 Å². The van der Waals surface area contributed by atoms with Gasteiger partial charge in [0.15, 0.2) is 5.65 Å². The molecule has 96 valence electrons. The fourth-order valence-corrected chi connectivity index (χ4v) is 2.18. The molecule has 0 atom stereocenters. The third-order valence-corrected chi connectivity index (χ3v) is 3.59. The fraction of sp³-hybridized carbons (Fsp3) is 0.545. The molecular weight excluding hydrogens is 232 g/mol. The Hall–Kier alpha value is -1.89. The lowest BCUT2D eigenvalue weighted by molar-refractivity contribution is 0.500. The number of nitrogens with two attached hydrogens (primary N) is 1. The van der Waals surface area contributed by atoms with Crippen molar-refractivity contribution in [1.82, 2.24) is 19.6 Å². The Balaban J connectivity index is 1.73. The molecule has 1 saturated carbocycles. The van der Waals surface area contributed by atoms with Gasteiger partial charge in [0.2, 0.25) is 0 Å². The van der Waals surface area contributed by atoms with Crippen LogP contribution in [0.1, 0.15) is 19.3 Å². The number of aromatic amines is 1. The number of anilines is 1. The van der Waals surface area contributed by atoms with Crippen molar-refractivity contribution in [3.05, 3.63) is 22.9 Å². The summed E-state index contributed by atoms with van der Waals surface area (Å²) < 4.78 is 1.37. The van der Waals surface area contributed by atoms with Gasteiger partial charge in [-0.15, -0.1) is 0 Å². The van der Waals surface area contributed by atoms with Crippen LogP contribution in [0.25, 0.3) is 5.65 Å². The van der Waals surface area contributed by atoms with E-state index in [1.165, 1.54) is 23.6 Å². The van der Waals surface area contributed by atoms with Gasteiger partial charge in [-0.2, -0.15) is 5.10 Å². The molecule has 2 aromatic heterocycles. The van der Waals surface area contributed by atoms with E-state index in [4.69, 9.17) is 5.73 Å². The third-order valence-electron chi connectivity index (χ3n) is 3.59. The summed E-state index contributed by atoms with van der Waals surface area (Å²) in [6.07, 6.45) is 4.97. The summed E-state index contributed by atoms with van der Waals surface area (Å²) in [5, 5.41) is 9.58. The smallest absolute Gasteiger partial charge is 0.348 e. The van der Waals surface area contributed by atoms with E-state index in [0.717, 1.165) is 25.3 Å². The van der Waals surface area contributed by atoms with E-state index in [2.05, 4.69) is 20.5 Å². The first kappa shape index (κ1) is 11.2. The quantitative estimate of drug-likeness (QED) is 0.689. The van der Waals surface area contributed by atoms with Crippen molar-refractivity contribution in [2.24, 2.45) is 11.1 Å². The van der Waals surface area contributed by atoms with Gasteiger partial charge in [0.05, 0.1) is 0 Å². The molecule has 1 aliphatic carbocycles. The Morgan fingerprint density at radius 2 is 2.39 bits per heavy atom. The molecule has 7 nitrogen and oxygen atoms in total. The van der Waals surface area contributed by atoms with Crippen molar-refractivity contribution in [1.29, 1.82) is 0 Å². The summed E-state index contributed by atoms with van der Waals surface area (Å²) in [4.78, 5) is 15.5. The Kier molecular flexibility index (Phi) is 2.55. The maximum Gasteiger partial charge on any atom is 0.348 e. The first-order chi connectivity index (χ1) is 8.72. The molecular formula is C11H16N6O. The molecule has 1 aliphatic rings. The predicted octanol–water partition coefficient (Wildman–Crippen LogP) is -0.0415. The number of hydrogen-bond donors (Lipinski definition) is 3. The molecule has 0 aromatic carbocycles. The van der Waals surface area contributed by atoms with Crippen molar-refractivity contribution < 1.29 is 0 Å². The second-order valence-corrected chi connectivity index (χ2v) is 4.92. The van der Waals surface area contributed by atoms with Crippen molar-refractivity contribution in [2.45, 2.75) is 19.3 Å². The Morgan fingerprint density at radius 1 is 1.56 bits per heavy atom. The highest BCUT2D eigenvalue weighted by Crippen LogP contribution is 2.48. The summed E-state index contributed by atoms with van der Waals surface area (Å²) in [6.45, 7) is 1.60. The van der Waals surface area contributed by atoms with Crippen LogP contribution in [0.2, 0.25) is 0 Å². The van der Waals surface area contributed by atoms with Gasteiger partial charge in [0.1, 0.15) is 12.1 Å². The number of H-pyrrole nitrogens is 1. The summed E-state index contributed by atoms with van der Waals surface area (Å²) in [6, 6.07) is 1.76. The summed E-state index contributed by atoms with van der Waals surface area (Å²) in [7, 11) is 0. The SMILES string of the molecule is NCCC1(CNc2cc3n[nH]c(=O)n3cn2)CC1. The standard InChI is InChI=1S/C11H16N6O/c12-4-3-11(1-2-11)6-13-8-5-9-15-16-10(18)17(9)7-14-8/h5,7,13H,1-4,6,12H2,(H,16,18). The normalized spacial score (nSPS) is 16.9. The molecule has 0 saturated heterocycles. The Morgan fingerprint density at radius 3 is 3.11 bits per heavy atom. The van der Waals surface area contributed by atoms with Crippen LogP contribution in [0.4, 0.5) is 5.82 Å². The molecule has 3 rings (SSSR count). The lowest BCUT2D eigenvalue weighted by Gasteiger charge is -2.14. The maximum atomic E-state index is 11.3. The average Bonchev–Trinajstić information content (AvgIpc) is 3.05. The van der Waals surface area contributed by atoms with Crippen molar-refractivity contribution in [3.8, 4) is 0 Å². The molecule has 2 heterocycles. The first-order valence-electron chi connectivity index (χ1n) is 6.09. The second kappa shape index (κ2) is 4.09. The van der Waals surface area contributed by atoms with Gasteiger partial charge in [0, 0.05) is 12.6 Å². The topological polar surface area (TPSA) is 101 Å². The van der Waals surface area contributed by atoms with Gasteiger partial charge < -0.3 is 11.1 Å². The summed E-state index contributed by atoms with van der Waals surface area (Å²) in [5.74, 6) is 0.741. The first-order valence-corrected chi connectivity index (χ1v) is 6.09. The van der Waals surface area contributed by atoms with E-state index in [1.54, 1.807) is 6.07 Å². The zero-order valence-electron chi connectivity index (χ0n) is 10.0. The lowest BCUT2D eigenvalue weighted by atomic mass is 10.0. The molecule has 0 spiro atoms. The van der Waals surface area contributed by atoms with E-state index in [1.807, 2.05) is 0 Å². The number of nitrogens with one attached hydrogen (secondary N) is 2. The molecule has 18 heavy (non-hydrogen) atoms. The van der Waals surface area contributed by atoms with Crippen molar-refractivity contribution in [3.63, 3.8) is 0 Å². The van der Waals surface area contributed by atoms with Crippen molar-refractivity contribution in [2.75, 3.05) is 18.4 Å². The molecule has 1 fully saturated rings. The highest BCUT2D eigenvalue weighted by Gasteiger charge is 2.41. The molecule has 0 radical (unpaired) electrons. The summed E-state index contributed by atoms with van der Waals surface area (Å²) in [5.41, 5.74) is 6.26. The van der Waals surface area contributed by atoms with E-state index in [-0.39, 0.29) is 5.69 Å². The molecule has 2 aromatic rings. The minimum Gasteiger partial charge on any atom is -0.369 e. The molecule has 0 bridgehead atoms. The maximum absolute atomic E-state index is 11.3. The fourth-order valence-electron chi connectivity index (χ4n) is 2.18. The number of hydrogen-bond acceptors (Lipinski definition) is 5. The van der Waals surface area contributed by atoms with E-state index in [0.29, 0.717) is 11.1 Å². The van der Waals surface area contributed by atoms with Gasteiger partial charge in [-0.3, -0.25) is 0 Å². The third kappa shape index (κ3) is 1.97. The largest absolute Gasteiger partial charge is 0.369 e. The van der Waals surface area contributed by atoms with Crippen LogP contribution in [0, 0.1) is 5.41 Å². The predicted molar refractivity (Wildman–Crippen MR) is 67.4 cm³/mol. The van der Waals surface area contributed by atoms with Crippen molar-refractivity contribution >= 4 is 11.5 Å². The van der Waals surface area contributed by atoms with Crippen LogP contribution >= 0.6 is 0 Å². The zero-order valence-corrected chi connectivity index (χ0v) is 10.0. The van der Waals surface area contributed by atoms with E-state index < -0.39 is 0 Å². The van der Waals surface area contributed by atoms with Crippen LogP contribution in [0.5, 0.6) is 0 Å². The average molecular weight is 248 g/mol. The van der Waals surface area contributed by atoms with Crippen LogP contribution in [-0.2, 0) is 0 Å². The summed E-state index contributed by atoms with van der Waals surface area (Å²) >= 11 is 0. The van der Waals surface area contributed by atoms with E-state index in [9.17, 15) is 4.79 Å². The number of nitrogens with zero attached hydrogens (tertiary/aromatic N) is 3. The molecule has 4 N–H and O–H groups in total. The minimum atomic E-state index is -0.272. The number of rotatable bonds is 5. The molecule has 0 amide bonds. The minimum absolute atomic E-state index is 0.272. The van der Waals surface area contributed by atoms with Crippen LogP contribution in [0.15, 0.2) is 17.2 Å². The van der Waals surface area contributed by atoms with Crippen LogP contribution in [-0.4, -0.2) is 32.7 Å². The second-order valence-electron chi connectivity index (χ2n) is 4.92. The number of aromatic nitrogens is 4. The zero-order chi connectivity index (χ0) is 12.6. The molecule has 0 unspecified atom stereocenters. The van der Waals surface area contributed by atoms with E-state index >= 15 is 0 Å². The highest BCUT2D eigenvalue weighted by molar-refractivity contribution is 5.48. The van der Waals surface area contributed by atoms with Gasteiger partial charge in [-0.1, -0.05) is 0 Å². The molecule has 0 aliphatic heterocycles. The van der Waals surface area contributed by atoms with Crippen LogP contribution in [0.3, 0.4) is 0 Å². The van der Waals surface area contributed by atoms with Gasteiger partial charge in [-0.05, 0) is 31.2 Å². The molecule has 7 heteroatoms. The highest BCUT2D eigenvalue weighted by atomic mass is 16.1. The van der Waals surface area contributed by atoms with Crippen LogP contribution < -0.4 is 16.7 Å². The van der Waals surface area contributed by atoms with Gasteiger partial charge in [-0.25, -0.2) is 19.3 Å². The van der Waals surface area contributed by atoms with Gasteiger partial charge in [0.25, 0.3) is 0 Å². The lowest BCUT2D eigenvalue weighted by Crippen LogP contribution is -2.20. The Labute approximate surface area is 103 Å². The number of fused-ring (bicyclic) bond motifs is 1. The Bertz CT molecular complexity index is 611. The monoisotopic (exact) mass is 248 g/mol.